The van der Waals surface area contributed by atoms with E-state index in [2.05, 4.69) is 41.4 Å². The standard InChI is InChI=1S/C21H29N3O2/c1-16-6-10-18(11-7-16)20(23(2)3)14-22-21(25)24(4)15-17-8-12-19(26-5)13-9-17/h6-13,20H,14-15H2,1-5H3,(H,22,25). The quantitative estimate of drug-likeness (QED) is 0.827. The van der Waals surface area contributed by atoms with E-state index in [1.165, 1.54) is 11.1 Å². The van der Waals surface area contributed by atoms with Crippen LogP contribution < -0.4 is 10.1 Å². The second kappa shape index (κ2) is 9.25. The van der Waals surface area contributed by atoms with Crippen LogP contribution in [0.2, 0.25) is 0 Å². The molecule has 0 fully saturated rings. The first-order chi connectivity index (χ1) is 12.4. The maximum absolute atomic E-state index is 12.5. The number of rotatable bonds is 7. The largest absolute Gasteiger partial charge is 0.497 e. The summed E-state index contributed by atoms with van der Waals surface area (Å²) in [6, 6.07) is 16.2. The smallest absolute Gasteiger partial charge is 0.317 e. The molecule has 2 aromatic rings. The van der Waals surface area contributed by atoms with Gasteiger partial charge in [-0.05, 0) is 44.3 Å². The van der Waals surface area contributed by atoms with Crippen LogP contribution in [-0.2, 0) is 6.54 Å². The summed E-state index contributed by atoms with van der Waals surface area (Å²) in [4.78, 5) is 16.3. The SMILES string of the molecule is COc1ccc(CN(C)C(=O)NCC(c2ccc(C)cc2)N(C)C)cc1. The molecule has 0 aromatic heterocycles. The zero-order valence-electron chi connectivity index (χ0n) is 16.3. The molecule has 0 heterocycles. The molecule has 0 aliphatic rings. The summed E-state index contributed by atoms with van der Waals surface area (Å²) in [5, 5.41) is 3.04. The maximum atomic E-state index is 12.5. The average Bonchev–Trinajstić information content (AvgIpc) is 2.63. The lowest BCUT2D eigenvalue weighted by Crippen LogP contribution is -2.41. The van der Waals surface area contributed by atoms with Gasteiger partial charge in [0.25, 0.3) is 0 Å². The Labute approximate surface area is 156 Å². The molecular weight excluding hydrogens is 326 g/mol. The zero-order valence-corrected chi connectivity index (χ0v) is 16.3. The van der Waals surface area contributed by atoms with Crippen LogP contribution in [-0.4, -0.2) is 50.6 Å². The predicted molar refractivity (Wildman–Crippen MR) is 105 cm³/mol. The summed E-state index contributed by atoms with van der Waals surface area (Å²) >= 11 is 0. The summed E-state index contributed by atoms with van der Waals surface area (Å²) in [5.41, 5.74) is 3.49. The van der Waals surface area contributed by atoms with Gasteiger partial charge in [0, 0.05) is 20.1 Å². The Bertz CT molecular complexity index is 696. The minimum Gasteiger partial charge on any atom is -0.497 e. The molecule has 0 aliphatic carbocycles. The van der Waals surface area contributed by atoms with Crippen molar-refractivity contribution >= 4 is 6.03 Å². The van der Waals surface area contributed by atoms with Crippen LogP contribution in [0.5, 0.6) is 5.75 Å². The molecule has 2 aromatic carbocycles. The highest BCUT2D eigenvalue weighted by atomic mass is 16.5. The molecule has 1 atom stereocenters. The van der Waals surface area contributed by atoms with Crippen LogP contribution >= 0.6 is 0 Å². The fourth-order valence-corrected chi connectivity index (χ4v) is 2.78. The first kappa shape index (κ1) is 19.8. The molecule has 2 rings (SSSR count). The topological polar surface area (TPSA) is 44.8 Å². The molecule has 26 heavy (non-hydrogen) atoms. The van der Waals surface area contributed by atoms with Crippen molar-refractivity contribution in [3.63, 3.8) is 0 Å². The van der Waals surface area contributed by atoms with Gasteiger partial charge in [0.1, 0.15) is 5.75 Å². The van der Waals surface area contributed by atoms with Crippen molar-refractivity contribution in [3.8, 4) is 5.75 Å². The molecule has 5 heteroatoms. The van der Waals surface area contributed by atoms with Crippen LogP contribution in [0.1, 0.15) is 22.7 Å². The number of ether oxygens (including phenoxy) is 1. The van der Waals surface area contributed by atoms with Crippen LogP contribution in [0.25, 0.3) is 0 Å². The number of urea groups is 1. The molecule has 0 bridgehead atoms. The molecular formula is C21H29N3O2. The highest BCUT2D eigenvalue weighted by Crippen LogP contribution is 2.18. The third-order valence-corrected chi connectivity index (χ3v) is 4.46. The van der Waals surface area contributed by atoms with E-state index >= 15 is 0 Å². The van der Waals surface area contributed by atoms with Crippen molar-refractivity contribution in [3.05, 3.63) is 65.2 Å². The van der Waals surface area contributed by atoms with E-state index in [0.29, 0.717) is 13.1 Å². The lowest BCUT2D eigenvalue weighted by atomic mass is 10.0. The summed E-state index contributed by atoms with van der Waals surface area (Å²) in [7, 11) is 7.50. The van der Waals surface area contributed by atoms with Gasteiger partial charge in [-0.2, -0.15) is 0 Å². The average molecular weight is 355 g/mol. The van der Waals surface area contributed by atoms with Crippen molar-refractivity contribution in [1.29, 1.82) is 0 Å². The van der Waals surface area contributed by atoms with E-state index in [-0.39, 0.29) is 12.1 Å². The number of carbonyl (C=O) groups is 1. The molecule has 0 spiro atoms. The van der Waals surface area contributed by atoms with E-state index in [9.17, 15) is 4.79 Å². The Balaban J connectivity index is 1.92. The molecule has 2 amide bonds. The van der Waals surface area contributed by atoms with E-state index in [0.717, 1.165) is 11.3 Å². The molecule has 0 saturated carbocycles. The van der Waals surface area contributed by atoms with Gasteiger partial charge in [0.05, 0.1) is 13.2 Å². The van der Waals surface area contributed by atoms with Gasteiger partial charge in [-0.1, -0.05) is 42.0 Å². The number of nitrogens with one attached hydrogen (secondary N) is 1. The van der Waals surface area contributed by atoms with E-state index in [4.69, 9.17) is 4.74 Å². The third kappa shape index (κ3) is 5.49. The van der Waals surface area contributed by atoms with Gasteiger partial charge in [-0.3, -0.25) is 0 Å². The highest BCUT2D eigenvalue weighted by molar-refractivity contribution is 5.73. The van der Waals surface area contributed by atoms with Crippen molar-refractivity contribution in [1.82, 2.24) is 15.1 Å². The van der Waals surface area contributed by atoms with Crippen molar-refractivity contribution in [2.75, 3.05) is 34.8 Å². The van der Waals surface area contributed by atoms with Crippen molar-refractivity contribution in [2.24, 2.45) is 0 Å². The van der Waals surface area contributed by atoms with Gasteiger partial charge in [0.15, 0.2) is 0 Å². The van der Waals surface area contributed by atoms with Crippen LogP contribution in [0, 0.1) is 6.92 Å². The maximum Gasteiger partial charge on any atom is 0.317 e. The van der Waals surface area contributed by atoms with E-state index < -0.39 is 0 Å². The summed E-state index contributed by atoms with van der Waals surface area (Å²) in [6.07, 6.45) is 0. The van der Waals surface area contributed by atoms with Gasteiger partial charge in [-0.15, -0.1) is 0 Å². The lowest BCUT2D eigenvalue weighted by molar-refractivity contribution is 0.200. The van der Waals surface area contributed by atoms with Crippen LogP contribution in [0.4, 0.5) is 4.79 Å². The molecule has 140 valence electrons. The minimum atomic E-state index is -0.0835. The van der Waals surface area contributed by atoms with E-state index in [1.54, 1.807) is 19.1 Å². The van der Waals surface area contributed by atoms with Gasteiger partial charge in [0.2, 0.25) is 0 Å². The number of hydrogen-bond acceptors (Lipinski definition) is 3. The second-order valence-corrected chi connectivity index (χ2v) is 6.78. The van der Waals surface area contributed by atoms with Gasteiger partial charge in [-0.25, -0.2) is 4.79 Å². The monoisotopic (exact) mass is 355 g/mol. The number of amides is 2. The van der Waals surface area contributed by atoms with E-state index in [1.807, 2.05) is 38.4 Å². The number of benzene rings is 2. The normalized spacial score (nSPS) is 11.9. The molecule has 0 aliphatic heterocycles. The molecule has 1 N–H and O–H groups in total. The fraction of sp³-hybridized carbons (Fsp3) is 0.381. The Morgan fingerprint density at radius 1 is 1.04 bits per heavy atom. The number of nitrogens with zero attached hydrogens (tertiary/aromatic N) is 2. The minimum absolute atomic E-state index is 0.0835. The van der Waals surface area contributed by atoms with Gasteiger partial charge < -0.3 is 19.9 Å². The first-order valence-corrected chi connectivity index (χ1v) is 8.75. The number of likely N-dealkylation sites (N-methyl/N-ethyl adjacent to an activating group) is 1. The van der Waals surface area contributed by atoms with Crippen LogP contribution in [0.3, 0.4) is 0 Å². The predicted octanol–water partition coefficient (Wildman–Crippen LogP) is 3.45. The molecule has 0 saturated heterocycles. The Kier molecular flexibility index (Phi) is 7.04. The summed E-state index contributed by atoms with van der Waals surface area (Å²) in [5.74, 6) is 0.813. The third-order valence-electron chi connectivity index (χ3n) is 4.46. The number of aryl methyl sites for hydroxylation is 1. The Morgan fingerprint density at radius 3 is 2.19 bits per heavy atom. The first-order valence-electron chi connectivity index (χ1n) is 8.75. The lowest BCUT2D eigenvalue weighted by Gasteiger charge is -2.27. The number of carbonyl (C=O) groups excluding carboxylic acids is 1. The van der Waals surface area contributed by atoms with Gasteiger partial charge >= 0.3 is 6.03 Å². The zero-order chi connectivity index (χ0) is 19.1. The number of methoxy groups -OCH3 is 1. The molecule has 0 radical (unpaired) electrons. The second-order valence-electron chi connectivity index (χ2n) is 6.78. The number of hydrogen-bond donors (Lipinski definition) is 1. The summed E-state index contributed by atoms with van der Waals surface area (Å²) in [6.45, 7) is 3.18. The fourth-order valence-electron chi connectivity index (χ4n) is 2.78. The van der Waals surface area contributed by atoms with Crippen molar-refractivity contribution < 1.29 is 9.53 Å². The molecule has 1 unspecified atom stereocenters. The van der Waals surface area contributed by atoms with Crippen molar-refractivity contribution in [2.45, 2.75) is 19.5 Å². The summed E-state index contributed by atoms with van der Waals surface area (Å²) < 4.78 is 5.16. The Morgan fingerprint density at radius 2 is 1.65 bits per heavy atom. The van der Waals surface area contributed by atoms with Crippen LogP contribution in [0.15, 0.2) is 48.5 Å². The Hall–Kier alpha value is -2.53. The highest BCUT2D eigenvalue weighted by Gasteiger charge is 2.16. The molecule has 5 nitrogen and oxygen atoms in total.